The average Bonchev–Trinajstić information content (AvgIpc) is 3.05. The molecule has 0 aliphatic heterocycles. The van der Waals surface area contributed by atoms with E-state index in [0.717, 1.165) is 36.0 Å². The molecule has 0 amide bonds. The Morgan fingerprint density at radius 3 is 2.55 bits per heavy atom. The molecule has 3 fully saturated rings. The lowest BCUT2D eigenvalue weighted by molar-refractivity contribution is -0.0627. The van der Waals surface area contributed by atoms with Gasteiger partial charge < -0.3 is 10.2 Å². The molecular weight excluding hydrogens is 356 g/mol. The molecule has 9 atom stereocenters. The van der Waals surface area contributed by atoms with Gasteiger partial charge in [0.25, 0.3) is 0 Å². The van der Waals surface area contributed by atoms with Gasteiger partial charge in [-0.25, -0.2) is 0 Å². The average molecular weight is 403 g/mol. The Balaban J connectivity index is 1.45. The molecule has 4 aliphatic rings. The first-order valence-corrected chi connectivity index (χ1v) is 12.8. The molecule has 29 heavy (non-hydrogen) atoms. The van der Waals surface area contributed by atoms with Crippen molar-refractivity contribution in [2.24, 2.45) is 46.3 Å². The molecule has 2 N–H and O–H groups in total. The van der Waals surface area contributed by atoms with Gasteiger partial charge in [-0.3, -0.25) is 0 Å². The molecule has 4 rings (SSSR count). The van der Waals surface area contributed by atoms with Crippen molar-refractivity contribution in [3.63, 3.8) is 0 Å². The lowest BCUT2D eigenvalue weighted by Crippen LogP contribution is -2.51. The summed E-state index contributed by atoms with van der Waals surface area (Å²) in [4.78, 5) is 0. The number of aliphatic hydroxyl groups excluding tert-OH is 2. The predicted molar refractivity (Wildman–Crippen MR) is 120 cm³/mol. The summed E-state index contributed by atoms with van der Waals surface area (Å²) in [5, 5.41) is 19.5. The maximum absolute atomic E-state index is 10.2. The number of hydrogen-bond acceptors (Lipinski definition) is 2. The minimum Gasteiger partial charge on any atom is -0.396 e. The van der Waals surface area contributed by atoms with Crippen LogP contribution in [0.5, 0.6) is 0 Å². The van der Waals surface area contributed by atoms with Crippen LogP contribution in [0.2, 0.25) is 0 Å². The zero-order valence-corrected chi connectivity index (χ0v) is 19.5. The minimum absolute atomic E-state index is 0.186. The maximum atomic E-state index is 10.2. The first-order chi connectivity index (χ1) is 13.8. The van der Waals surface area contributed by atoms with E-state index in [2.05, 4.69) is 33.8 Å². The van der Waals surface area contributed by atoms with E-state index in [-0.39, 0.29) is 6.10 Å². The highest BCUT2D eigenvalue weighted by molar-refractivity contribution is 5.25. The summed E-state index contributed by atoms with van der Waals surface area (Å²) in [5.41, 5.74) is 2.52. The van der Waals surface area contributed by atoms with Gasteiger partial charge in [0.1, 0.15) is 0 Å². The second-order valence-electron chi connectivity index (χ2n) is 12.1. The largest absolute Gasteiger partial charge is 0.396 e. The maximum Gasteiger partial charge on any atom is 0.0724 e. The van der Waals surface area contributed by atoms with Crippen molar-refractivity contribution >= 4 is 0 Å². The third-order valence-electron chi connectivity index (χ3n) is 10.5. The molecule has 3 saturated carbocycles. The smallest absolute Gasteiger partial charge is 0.0724 e. The van der Waals surface area contributed by atoms with E-state index in [1.807, 2.05) is 0 Å². The molecule has 166 valence electrons. The molecule has 0 aromatic carbocycles. The van der Waals surface area contributed by atoms with Gasteiger partial charge in [0.15, 0.2) is 0 Å². The molecule has 0 aromatic rings. The quantitative estimate of drug-likeness (QED) is 0.507. The minimum atomic E-state index is -0.186. The standard InChI is InChI=1S/C27H46O2/c1-18(17-28)6-5-7-19(2)23-10-11-24-22-9-8-20-16-21(29)12-14-26(20,3)25(22)13-15-27(23,24)4/h16,18-19,21-25,28-29H,5-15,17H2,1-4H3/t18?,19-,21+,22+,23-,24+,25+,26+,27-/m1/s1. The fourth-order valence-electron chi connectivity index (χ4n) is 8.77. The third kappa shape index (κ3) is 3.75. The molecule has 2 nitrogen and oxygen atoms in total. The Morgan fingerprint density at radius 1 is 1.00 bits per heavy atom. The molecule has 2 heteroatoms. The Kier molecular flexibility index (Phi) is 6.26. The second kappa shape index (κ2) is 8.30. The Bertz CT molecular complexity index is 612. The van der Waals surface area contributed by atoms with Crippen LogP contribution in [-0.4, -0.2) is 22.9 Å². The van der Waals surface area contributed by atoms with E-state index >= 15 is 0 Å². The fourth-order valence-corrected chi connectivity index (χ4v) is 8.77. The summed E-state index contributed by atoms with van der Waals surface area (Å²) in [7, 11) is 0. The van der Waals surface area contributed by atoms with Gasteiger partial charge in [-0.05, 0) is 104 Å². The van der Waals surface area contributed by atoms with Crippen LogP contribution in [0, 0.1) is 46.3 Å². The van der Waals surface area contributed by atoms with Crippen molar-refractivity contribution < 1.29 is 10.2 Å². The molecule has 0 heterocycles. The first kappa shape index (κ1) is 21.9. The summed E-state index contributed by atoms with van der Waals surface area (Å²) in [6, 6.07) is 0. The molecule has 0 spiro atoms. The SMILES string of the molecule is CC(CO)CCC[C@@H](C)[C@H]1CC[C@H]2[C@@H]3CCC4=C[C@@H](O)CC[C@]4(C)[C@H]3CC[C@]12C. The van der Waals surface area contributed by atoms with Gasteiger partial charge in [-0.15, -0.1) is 0 Å². The Hall–Kier alpha value is -0.340. The number of hydrogen-bond donors (Lipinski definition) is 2. The summed E-state index contributed by atoms with van der Waals surface area (Å²) in [6.45, 7) is 10.3. The van der Waals surface area contributed by atoms with Crippen LogP contribution in [0.3, 0.4) is 0 Å². The number of allylic oxidation sites excluding steroid dienone is 1. The van der Waals surface area contributed by atoms with Gasteiger partial charge in [0.05, 0.1) is 6.10 Å². The molecule has 0 saturated heterocycles. The topological polar surface area (TPSA) is 40.5 Å². The van der Waals surface area contributed by atoms with Crippen molar-refractivity contribution in [3.05, 3.63) is 11.6 Å². The molecule has 4 aliphatic carbocycles. The van der Waals surface area contributed by atoms with Crippen LogP contribution in [-0.2, 0) is 0 Å². The monoisotopic (exact) mass is 402 g/mol. The summed E-state index contributed by atoms with van der Waals surface area (Å²) < 4.78 is 0. The van der Waals surface area contributed by atoms with Crippen LogP contribution < -0.4 is 0 Å². The lowest BCUT2D eigenvalue weighted by atomic mass is 9.46. The van der Waals surface area contributed by atoms with Gasteiger partial charge >= 0.3 is 0 Å². The van der Waals surface area contributed by atoms with E-state index < -0.39 is 0 Å². The van der Waals surface area contributed by atoms with Crippen molar-refractivity contribution in [2.45, 2.75) is 104 Å². The van der Waals surface area contributed by atoms with Gasteiger partial charge in [-0.1, -0.05) is 52.2 Å². The van der Waals surface area contributed by atoms with Crippen LogP contribution in [0.15, 0.2) is 11.6 Å². The Morgan fingerprint density at radius 2 is 1.79 bits per heavy atom. The van der Waals surface area contributed by atoms with Crippen molar-refractivity contribution in [3.8, 4) is 0 Å². The van der Waals surface area contributed by atoms with Crippen molar-refractivity contribution in [2.75, 3.05) is 6.61 Å². The molecule has 1 unspecified atom stereocenters. The van der Waals surface area contributed by atoms with Crippen LogP contribution in [0.4, 0.5) is 0 Å². The normalized spacial score (nSPS) is 46.3. The zero-order chi connectivity index (χ0) is 20.8. The van der Waals surface area contributed by atoms with Crippen LogP contribution >= 0.6 is 0 Å². The van der Waals surface area contributed by atoms with Gasteiger partial charge in [0, 0.05) is 6.61 Å². The fraction of sp³-hybridized carbons (Fsp3) is 0.926. The zero-order valence-electron chi connectivity index (χ0n) is 19.5. The molecular formula is C27H46O2. The summed E-state index contributed by atoms with van der Waals surface area (Å²) in [6.07, 6.45) is 16.4. The van der Waals surface area contributed by atoms with E-state index in [0.29, 0.717) is 23.4 Å². The van der Waals surface area contributed by atoms with E-state index in [1.165, 1.54) is 64.2 Å². The lowest BCUT2D eigenvalue weighted by Gasteiger charge is -2.59. The van der Waals surface area contributed by atoms with E-state index in [9.17, 15) is 10.2 Å². The van der Waals surface area contributed by atoms with Crippen molar-refractivity contribution in [1.82, 2.24) is 0 Å². The summed E-state index contributed by atoms with van der Waals surface area (Å²) >= 11 is 0. The molecule has 0 aromatic heterocycles. The highest BCUT2D eigenvalue weighted by Crippen LogP contribution is 2.67. The number of fused-ring (bicyclic) bond motifs is 5. The Labute approximate surface area is 179 Å². The predicted octanol–water partition coefficient (Wildman–Crippen LogP) is 6.36. The number of aliphatic hydroxyl groups is 2. The van der Waals surface area contributed by atoms with E-state index in [1.54, 1.807) is 5.57 Å². The van der Waals surface area contributed by atoms with E-state index in [4.69, 9.17) is 0 Å². The number of rotatable bonds is 6. The highest BCUT2D eigenvalue weighted by Gasteiger charge is 2.59. The van der Waals surface area contributed by atoms with Gasteiger partial charge in [-0.2, -0.15) is 0 Å². The van der Waals surface area contributed by atoms with Crippen LogP contribution in [0.25, 0.3) is 0 Å². The molecule has 0 radical (unpaired) electrons. The summed E-state index contributed by atoms with van der Waals surface area (Å²) in [5.74, 6) is 4.88. The third-order valence-corrected chi connectivity index (χ3v) is 10.5. The van der Waals surface area contributed by atoms with Crippen LogP contribution in [0.1, 0.15) is 98.3 Å². The molecule has 0 bridgehead atoms. The second-order valence-corrected chi connectivity index (χ2v) is 12.1. The van der Waals surface area contributed by atoms with Crippen molar-refractivity contribution in [1.29, 1.82) is 0 Å². The highest BCUT2D eigenvalue weighted by atomic mass is 16.3. The van der Waals surface area contributed by atoms with Gasteiger partial charge in [0.2, 0.25) is 0 Å². The first-order valence-electron chi connectivity index (χ1n) is 12.8.